The molecule has 0 aromatic rings. The van der Waals surface area contributed by atoms with Gasteiger partial charge in [0.2, 0.25) is 0 Å². The van der Waals surface area contributed by atoms with Gasteiger partial charge in [-0.2, -0.15) is 0 Å². The van der Waals surface area contributed by atoms with Crippen LogP contribution in [0, 0.1) is 5.92 Å². The molecule has 0 saturated carbocycles. The summed E-state index contributed by atoms with van der Waals surface area (Å²) in [5, 5.41) is 1.05. The molecule has 0 amide bonds. The zero-order chi connectivity index (χ0) is 8.15. The van der Waals surface area contributed by atoms with Gasteiger partial charge >= 0.3 is 0 Å². The molecule has 0 unspecified atom stereocenters. The van der Waals surface area contributed by atoms with Crippen LogP contribution in [0.2, 0.25) is 0 Å². The Hall–Kier alpha value is 0.0300. The van der Waals surface area contributed by atoms with Crippen LogP contribution in [0.5, 0.6) is 0 Å². The van der Waals surface area contributed by atoms with Crippen molar-refractivity contribution in [2.45, 2.75) is 40.5 Å². The summed E-state index contributed by atoms with van der Waals surface area (Å²) in [5.41, 5.74) is 1.41. The number of hydrogen-bond acceptors (Lipinski definition) is 0. The second kappa shape index (κ2) is 4.79. The second-order valence-electron chi connectivity index (χ2n) is 2.79. The van der Waals surface area contributed by atoms with Crippen molar-refractivity contribution < 1.29 is 0 Å². The normalized spacial score (nSPS) is 13.8. The van der Waals surface area contributed by atoms with Crippen LogP contribution in [0.3, 0.4) is 0 Å². The third kappa shape index (κ3) is 2.74. The Bertz CT molecular complexity index is 123. The fourth-order valence-corrected chi connectivity index (χ4v) is 1.49. The SMILES string of the molecule is CC/C(Cl)=C(\CC)C(C)C. The number of allylic oxidation sites excluding steroid dienone is 2. The Morgan fingerprint density at radius 3 is 1.80 bits per heavy atom. The Labute approximate surface area is 69.3 Å². The van der Waals surface area contributed by atoms with Crippen molar-refractivity contribution in [1.82, 2.24) is 0 Å². The molecule has 0 atom stereocenters. The van der Waals surface area contributed by atoms with E-state index >= 15 is 0 Å². The fraction of sp³-hybridized carbons (Fsp3) is 0.778. The average molecular weight is 161 g/mol. The zero-order valence-electron chi connectivity index (χ0n) is 7.37. The van der Waals surface area contributed by atoms with Gasteiger partial charge in [-0.05, 0) is 18.8 Å². The first-order valence-corrected chi connectivity index (χ1v) is 4.38. The molecule has 0 aliphatic rings. The van der Waals surface area contributed by atoms with E-state index in [0.717, 1.165) is 17.9 Å². The third-order valence-corrected chi connectivity index (χ3v) is 2.25. The molecule has 0 aromatic carbocycles. The Kier molecular flexibility index (Phi) is 4.80. The van der Waals surface area contributed by atoms with Crippen molar-refractivity contribution in [2.75, 3.05) is 0 Å². The summed E-state index contributed by atoms with van der Waals surface area (Å²) in [6.45, 7) is 8.64. The minimum Gasteiger partial charge on any atom is -0.0892 e. The van der Waals surface area contributed by atoms with E-state index in [-0.39, 0.29) is 0 Å². The summed E-state index contributed by atoms with van der Waals surface area (Å²) in [4.78, 5) is 0. The van der Waals surface area contributed by atoms with Gasteiger partial charge in [-0.3, -0.25) is 0 Å². The van der Waals surface area contributed by atoms with Crippen LogP contribution >= 0.6 is 11.6 Å². The minimum atomic E-state index is 0.609. The molecule has 0 spiro atoms. The average Bonchev–Trinajstić information content (AvgIpc) is 1.88. The lowest BCUT2D eigenvalue weighted by Gasteiger charge is -2.10. The molecule has 0 bridgehead atoms. The van der Waals surface area contributed by atoms with Crippen molar-refractivity contribution in [2.24, 2.45) is 5.92 Å². The van der Waals surface area contributed by atoms with Crippen molar-refractivity contribution >= 4 is 11.6 Å². The maximum absolute atomic E-state index is 6.01. The number of halogens is 1. The molecular formula is C9H17Cl. The quantitative estimate of drug-likeness (QED) is 0.587. The highest BCUT2D eigenvalue weighted by Crippen LogP contribution is 2.22. The molecule has 0 aromatic heterocycles. The topological polar surface area (TPSA) is 0 Å². The molecule has 0 aliphatic heterocycles. The zero-order valence-corrected chi connectivity index (χ0v) is 8.13. The summed E-state index contributed by atoms with van der Waals surface area (Å²) in [6, 6.07) is 0. The first-order valence-electron chi connectivity index (χ1n) is 4.00. The van der Waals surface area contributed by atoms with E-state index in [4.69, 9.17) is 11.6 Å². The smallest absolute Gasteiger partial charge is 0.0172 e. The lowest BCUT2D eigenvalue weighted by Crippen LogP contribution is -1.94. The van der Waals surface area contributed by atoms with E-state index in [0.29, 0.717) is 5.92 Å². The molecule has 0 rings (SSSR count). The van der Waals surface area contributed by atoms with Crippen molar-refractivity contribution in [3.05, 3.63) is 10.6 Å². The van der Waals surface area contributed by atoms with E-state index in [2.05, 4.69) is 27.7 Å². The molecule has 0 radical (unpaired) electrons. The van der Waals surface area contributed by atoms with Crippen LogP contribution in [0.15, 0.2) is 10.6 Å². The van der Waals surface area contributed by atoms with E-state index in [1.165, 1.54) is 5.57 Å². The molecule has 0 fully saturated rings. The van der Waals surface area contributed by atoms with Gasteiger partial charge in [0.15, 0.2) is 0 Å². The molecule has 0 nitrogen and oxygen atoms in total. The third-order valence-electron chi connectivity index (χ3n) is 1.74. The maximum atomic E-state index is 6.01. The minimum absolute atomic E-state index is 0.609. The molecule has 10 heavy (non-hydrogen) atoms. The highest BCUT2D eigenvalue weighted by molar-refractivity contribution is 6.29. The van der Waals surface area contributed by atoms with Crippen LogP contribution in [0.4, 0.5) is 0 Å². The highest BCUT2D eigenvalue weighted by atomic mass is 35.5. The van der Waals surface area contributed by atoms with Crippen molar-refractivity contribution in [3.63, 3.8) is 0 Å². The van der Waals surface area contributed by atoms with Gasteiger partial charge in [-0.1, -0.05) is 44.9 Å². The lowest BCUT2D eigenvalue weighted by atomic mass is 10.00. The van der Waals surface area contributed by atoms with E-state index in [9.17, 15) is 0 Å². The molecule has 0 saturated heterocycles. The van der Waals surface area contributed by atoms with Crippen LogP contribution in [-0.4, -0.2) is 0 Å². The van der Waals surface area contributed by atoms with Crippen LogP contribution < -0.4 is 0 Å². The molecular weight excluding hydrogens is 144 g/mol. The predicted molar refractivity (Wildman–Crippen MR) is 48.3 cm³/mol. The number of rotatable bonds is 3. The first kappa shape index (κ1) is 10.0. The Morgan fingerprint density at radius 1 is 1.20 bits per heavy atom. The van der Waals surface area contributed by atoms with Gasteiger partial charge in [-0.25, -0.2) is 0 Å². The molecule has 1 heteroatoms. The van der Waals surface area contributed by atoms with E-state index in [1.807, 2.05) is 0 Å². The fourth-order valence-electron chi connectivity index (χ4n) is 1.14. The van der Waals surface area contributed by atoms with Gasteiger partial charge in [0.1, 0.15) is 0 Å². The Balaban J connectivity index is 4.29. The lowest BCUT2D eigenvalue weighted by molar-refractivity contribution is 0.721. The van der Waals surface area contributed by atoms with Gasteiger partial charge in [-0.15, -0.1) is 0 Å². The molecule has 0 heterocycles. The summed E-state index contributed by atoms with van der Waals surface area (Å²) >= 11 is 6.01. The monoisotopic (exact) mass is 160 g/mol. The molecule has 0 N–H and O–H groups in total. The van der Waals surface area contributed by atoms with E-state index < -0.39 is 0 Å². The second-order valence-corrected chi connectivity index (χ2v) is 3.25. The van der Waals surface area contributed by atoms with E-state index in [1.54, 1.807) is 0 Å². The summed E-state index contributed by atoms with van der Waals surface area (Å²) in [6.07, 6.45) is 2.06. The van der Waals surface area contributed by atoms with Crippen LogP contribution in [0.1, 0.15) is 40.5 Å². The maximum Gasteiger partial charge on any atom is 0.0172 e. The predicted octanol–water partition coefficient (Wildman–Crippen LogP) is 3.96. The molecule has 60 valence electrons. The largest absolute Gasteiger partial charge is 0.0892 e. The summed E-state index contributed by atoms with van der Waals surface area (Å²) in [5.74, 6) is 0.609. The number of hydrogen-bond donors (Lipinski definition) is 0. The summed E-state index contributed by atoms with van der Waals surface area (Å²) in [7, 11) is 0. The highest BCUT2D eigenvalue weighted by Gasteiger charge is 2.04. The van der Waals surface area contributed by atoms with Crippen LogP contribution in [-0.2, 0) is 0 Å². The van der Waals surface area contributed by atoms with Crippen molar-refractivity contribution in [3.8, 4) is 0 Å². The van der Waals surface area contributed by atoms with Crippen LogP contribution in [0.25, 0.3) is 0 Å². The first-order chi connectivity index (χ1) is 4.63. The molecule has 0 aliphatic carbocycles. The summed E-state index contributed by atoms with van der Waals surface area (Å²) < 4.78 is 0. The standard InChI is InChI=1S/C9H17Cl/c1-5-8(7(3)4)9(10)6-2/h7H,5-6H2,1-4H3/b9-8-. The van der Waals surface area contributed by atoms with Gasteiger partial charge in [0, 0.05) is 5.03 Å². The van der Waals surface area contributed by atoms with Gasteiger partial charge < -0.3 is 0 Å². The van der Waals surface area contributed by atoms with Gasteiger partial charge in [0.25, 0.3) is 0 Å². The Morgan fingerprint density at radius 2 is 1.70 bits per heavy atom. The van der Waals surface area contributed by atoms with Gasteiger partial charge in [0.05, 0.1) is 0 Å². The van der Waals surface area contributed by atoms with Crippen molar-refractivity contribution in [1.29, 1.82) is 0 Å².